The van der Waals surface area contributed by atoms with E-state index in [0.717, 1.165) is 23.2 Å². The first-order chi connectivity index (χ1) is 11.1. The van der Waals surface area contributed by atoms with E-state index in [9.17, 15) is 0 Å². The zero-order valence-electron chi connectivity index (χ0n) is 13.5. The van der Waals surface area contributed by atoms with Gasteiger partial charge >= 0.3 is 0 Å². The summed E-state index contributed by atoms with van der Waals surface area (Å²) in [6.45, 7) is 1.05. The number of halogens is 1. The van der Waals surface area contributed by atoms with Crippen LogP contribution in [0, 0.1) is 0 Å². The minimum Gasteiger partial charge on any atom is -0.358 e. The molecule has 1 heterocycles. The highest BCUT2D eigenvalue weighted by molar-refractivity contribution is 9.10. The molecule has 0 amide bonds. The van der Waals surface area contributed by atoms with Crippen LogP contribution in [0.4, 0.5) is 0 Å². The Morgan fingerprint density at radius 1 is 1.09 bits per heavy atom. The number of hydrogen-bond donors (Lipinski definition) is 1. The Labute approximate surface area is 150 Å². The Morgan fingerprint density at radius 2 is 1.87 bits per heavy atom. The molecule has 0 bridgehead atoms. The molecule has 23 heavy (non-hydrogen) atoms. The molecule has 0 spiro atoms. The number of aromatic nitrogens is 1. The smallest absolute Gasteiger partial charge is 0.0460 e. The van der Waals surface area contributed by atoms with Crippen LogP contribution in [0.15, 0.2) is 57.9 Å². The Bertz CT molecular complexity index is 781. The van der Waals surface area contributed by atoms with Gasteiger partial charge in [-0.15, -0.1) is 11.8 Å². The largest absolute Gasteiger partial charge is 0.358 e. The van der Waals surface area contributed by atoms with E-state index < -0.39 is 0 Å². The first-order valence-electron chi connectivity index (χ1n) is 7.75. The van der Waals surface area contributed by atoms with Crippen molar-refractivity contribution in [2.24, 2.45) is 0 Å². The topological polar surface area (TPSA) is 19.0 Å². The SMILES string of the molecule is CN(C)CCc1[nH]c2ccc(Br)cc2c1CSc1ccccc1. The van der Waals surface area contributed by atoms with Gasteiger partial charge in [0.2, 0.25) is 0 Å². The van der Waals surface area contributed by atoms with Crippen LogP contribution < -0.4 is 0 Å². The highest BCUT2D eigenvalue weighted by Gasteiger charge is 2.12. The highest BCUT2D eigenvalue weighted by Crippen LogP contribution is 2.31. The number of likely N-dealkylation sites (N-methyl/N-ethyl adjacent to an activating group) is 1. The minimum absolute atomic E-state index is 0.989. The summed E-state index contributed by atoms with van der Waals surface area (Å²) in [5.41, 5.74) is 4.01. The van der Waals surface area contributed by atoms with Gasteiger partial charge in [-0.2, -0.15) is 0 Å². The minimum atomic E-state index is 0.989. The molecule has 0 fully saturated rings. The lowest BCUT2D eigenvalue weighted by molar-refractivity contribution is 0.412. The standard InChI is InChI=1S/C19H21BrN2S/c1-22(2)11-10-19-17(13-23-15-6-4-3-5-7-15)16-12-14(20)8-9-18(16)21-19/h3-9,12,21H,10-11,13H2,1-2H3. The molecule has 0 saturated heterocycles. The van der Waals surface area contributed by atoms with Gasteiger partial charge in [-0.3, -0.25) is 0 Å². The molecular formula is C19H21BrN2S. The Hall–Kier alpha value is -1.23. The van der Waals surface area contributed by atoms with Crippen molar-refractivity contribution in [3.8, 4) is 0 Å². The van der Waals surface area contributed by atoms with Crippen LogP contribution in [0.25, 0.3) is 10.9 Å². The van der Waals surface area contributed by atoms with Crippen molar-refractivity contribution in [2.45, 2.75) is 17.1 Å². The number of H-pyrrole nitrogens is 1. The Morgan fingerprint density at radius 3 is 2.61 bits per heavy atom. The van der Waals surface area contributed by atoms with Crippen molar-refractivity contribution in [3.05, 3.63) is 64.3 Å². The molecule has 3 aromatic rings. The van der Waals surface area contributed by atoms with Crippen molar-refractivity contribution in [2.75, 3.05) is 20.6 Å². The molecule has 0 aliphatic rings. The van der Waals surface area contributed by atoms with Crippen LogP contribution in [-0.2, 0) is 12.2 Å². The summed E-state index contributed by atoms with van der Waals surface area (Å²) < 4.78 is 1.13. The van der Waals surface area contributed by atoms with Gasteiger partial charge < -0.3 is 9.88 Å². The van der Waals surface area contributed by atoms with E-state index in [1.165, 1.54) is 27.1 Å². The van der Waals surface area contributed by atoms with E-state index in [-0.39, 0.29) is 0 Å². The molecule has 2 nitrogen and oxygen atoms in total. The summed E-state index contributed by atoms with van der Waals surface area (Å²) in [7, 11) is 4.25. The lowest BCUT2D eigenvalue weighted by atomic mass is 10.1. The predicted octanol–water partition coefficient (Wildman–Crippen LogP) is 5.33. The fraction of sp³-hybridized carbons (Fsp3) is 0.263. The van der Waals surface area contributed by atoms with Gasteiger partial charge in [0, 0.05) is 44.7 Å². The number of aromatic amines is 1. The van der Waals surface area contributed by atoms with Crippen LogP contribution in [0.1, 0.15) is 11.3 Å². The summed E-state index contributed by atoms with van der Waals surface area (Å²) >= 11 is 5.50. The number of nitrogens with zero attached hydrogens (tertiary/aromatic N) is 1. The molecule has 2 aromatic carbocycles. The number of benzene rings is 2. The molecule has 1 N–H and O–H groups in total. The average molecular weight is 389 g/mol. The van der Waals surface area contributed by atoms with Crippen molar-refractivity contribution < 1.29 is 0 Å². The number of thioether (sulfide) groups is 1. The van der Waals surface area contributed by atoms with Crippen molar-refractivity contribution in [1.29, 1.82) is 0 Å². The van der Waals surface area contributed by atoms with Gasteiger partial charge in [-0.05, 0) is 50.0 Å². The Balaban J connectivity index is 1.90. The summed E-state index contributed by atoms with van der Waals surface area (Å²) in [5.74, 6) is 0.989. The predicted molar refractivity (Wildman–Crippen MR) is 104 cm³/mol. The molecule has 0 unspecified atom stereocenters. The third-order valence-electron chi connectivity index (χ3n) is 3.89. The zero-order chi connectivity index (χ0) is 16.2. The van der Waals surface area contributed by atoms with E-state index in [1.54, 1.807) is 0 Å². The van der Waals surface area contributed by atoms with E-state index in [0.29, 0.717) is 0 Å². The summed E-state index contributed by atoms with van der Waals surface area (Å²) in [5, 5.41) is 1.33. The summed E-state index contributed by atoms with van der Waals surface area (Å²) in [6, 6.07) is 17.1. The Kier molecular flexibility index (Phi) is 5.46. The van der Waals surface area contributed by atoms with Crippen molar-refractivity contribution in [3.63, 3.8) is 0 Å². The maximum absolute atomic E-state index is 3.62. The molecule has 0 radical (unpaired) electrons. The number of nitrogens with one attached hydrogen (secondary N) is 1. The van der Waals surface area contributed by atoms with Crippen LogP contribution in [0.2, 0.25) is 0 Å². The summed E-state index contributed by atoms with van der Waals surface area (Å²) in [6.07, 6.45) is 1.05. The molecule has 4 heteroatoms. The molecule has 0 aliphatic heterocycles. The second-order valence-electron chi connectivity index (χ2n) is 5.93. The van der Waals surface area contributed by atoms with Crippen LogP contribution in [-0.4, -0.2) is 30.5 Å². The molecule has 0 aliphatic carbocycles. The molecular weight excluding hydrogens is 368 g/mol. The van der Waals surface area contributed by atoms with Gasteiger partial charge in [-0.25, -0.2) is 0 Å². The monoisotopic (exact) mass is 388 g/mol. The van der Waals surface area contributed by atoms with Gasteiger partial charge in [0.15, 0.2) is 0 Å². The molecule has 0 saturated carbocycles. The van der Waals surface area contributed by atoms with Crippen molar-refractivity contribution >= 4 is 38.6 Å². The van der Waals surface area contributed by atoms with Gasteiger partial charge in [-0.1, -0.05) is 34.1 Å². The normalized spacial score (nSPS) is 11.5. The molecule has 120 valence electrons. The molecule has 0 atom stereocenters. The molecule has 1 aromatic heterocycles. The maximum atomic E-state index is 3.62. The van der Waals surface area contributed by atoms with Crippen LogP contribution >= 0.6 is 27.7 Å². The maximum Gasteiger partial charge on any atom is 0.0460 e. The van der Waals surface area contributed by atoms with E-state index in [2.05, 4.69) is 88.4 Å². The lowest BCUT2D eigenvalue weighted by Crippen LogP contribution is -2.15. The second kappa shape index (κ2) is 7.56. The van der Waals surface area contributed by atoms with Crippen LogP contribution in [0.5, 0.6) is 0 Å². The molecule has 3 rings (SSSR count). The first-order valence-corrected chi connectivity index (χ1v) is 9.53. The van der Waals surface area contributed by atoms with Crippen LogP contribution in [0.3, 0.4) is 0 Å². The first kappa shape index (κ1) is 16.6. The van der Waals surface area contributed by atoms with Crippen molar-refractivity contribution in [1.82, 2.24) is 9.88 Å². The summed E-state index contributed by atoms with van der Waals surface area (Å²) in [4.78, 5) is 7.17. The van der Waals surface area contributed by atoms with E-state index in [1.807, 2.05) is 11.8 Å². The highest BCUT2D eigenvalue weighted by atomic mass is 79.9. The number of rotatable bonds is 6. The third kappa shape index (κ3) is 4.19. The average Bonchev–Trinajstić information content (AvgIpc) is 2.89. The van der Waals surface area contributed by atoms with Gasteiger partial charge in [0.05, 0.1) is 0 Å². The van der Waals surface area contributed by atoms with E-state index in [4.69, 9.17) is 0 Å². The number of fused-ring (bicyclic) bond motifs is 1. The van der Waals surface area contributed by atoms with Gasteiger partial charge in [0.25, 0.3) is 0 Å². The fourth-order valence-electron chi connectivity index (χ4n) is 2.66. The third-order valence-corrected chi connectivity index (χ3v) is 5.42. The quantitative estimate of drug-likeness (QED) is 0.575. The lowest BCUT2D eigenvalue weighted by Gasteiger charge is -2.10. The number of hydrogen-bond acceptors (Lipinski definition) is 2. The zero-order valence-corrected chi connectivity index (χ0v) is 15.9. The fourth-order valence-corrected chi connectivity index (χ4v) is 4.01. The van der Waals surface area contributed by atoms with Gasteiger partial charge in [0.1, 0.15) is 0 Å². The van der Waals surface area contributed by atoms with E-state index >= 15 is 0 Å². The second-order valence-corrected chi connectivity index (χ2v) is 7.89.